The molecule has 1 aliphatic heterocycles. The second-order valence-corrected chi connectivity index (χ2v) is 1.36. The Kier molecular flexibility index (Phi) is 0.780. The van der Waals surface area contributed by atoms with E-state index in [4.69, 9.17) is 0 Å². The van der Waals surface area contributed by atoms with E-state index in [-0.39, 0.29) is 6.03 Å². The lowest BCUT2D eigenvalue weighted by molar-refractivity contribution is 0.227. The summed E-state index contributed by atoms with van der Waals surface area (Å²) in [6.07, 6.45) is 0. The number of rotatable bonds is 0. The maximum atomic E-state index is 10.2. The number of azo groups is 1. The highest BCUT2D eigenvalue weighted by Gasteiger charge is 2.10. The van der Waals surface area contributed by atoms with Gasteiger partial charge in [-0.3, -0.25) is 0 Å². The molecule has 0 aromatic carbocycles. The van der Waals surface area contributed by atoms with Gasteiger partial charge in [0.25, 0.3) is 0 Å². The van der Waals surface area contributed by atoms with Crippen LogP contribution in [0.4, 0.5) is 4.79 Å². The summed E-state index contributed by atoms with van der Waals surface area (Å²) in [5.41, 5.74) is 0. The zero-order chi connectivity index (χ0) is 5.28. The normalized spacial score (nSPS) is 19.0. The standard InChI is InChI=1S/C3H5N3O/c1-6-2-4-5-3(6)7/h2H2,1H3. The minimum atomic E-state index is -0.250. The van der Waals surface area contributed by atoms with Gasteiger partial charge in [-0.05, 0) is 0 Å². The van der Waals surface area contributed by atoms with Gasteiger partial charge in [-0.2, -0.15) is 5.11 Å². The number of hydrogen-bond acceptors (Lipinski definition) is 2. The first-order valence-corrected chi connectivity index (χ1v) is 1.93. The summed E-state index contributed by atoms with van der Waals surface area (Å²) < 4.78 is 0. The van der Waals surface area contributed by atoms with Gasteiger partial charge in [-0.15, -0.1) is 0 Å². The molecule has 0 atom stereocenters. The Balaban J connectivity index is 2.62. The van der Waals surface area contributed by atoms with Crippen LogP contribution in [0.5, 0.6) is 0 Å². The molecule has 0 aliphatic carbocycles. The predicted molar refractivity (Wildman–Crippen MR) is 22.9 cm³/mol. The lowest BCUT2D eigenvalue weighted by Crippen LogP contribution is -2.17. The Morgan fingerprint density at radius 3 is 2.71 bits per heavy atom. The maximum Gasteiger partial charge on any atom is 0.363 e. The minimum Gasteiger partial charge on any atom is -0.303 e. The fraction of sp³-hybridized carbons (Fsp3) is 0.667. The maximum absolute atomic E-state index is 10.2. The highest BCUT2D eigenvalue weighted by molar-refractivity contribution is 5.75. The Bertz CT molecular complexity index is 119. The van der Waals surface area contributed by atoms with E-state index in [1.165, 1.54) is 4.90 Å². The van der Waals surface area contributed by atoms with Gasteiger partial charge in [-0.1, -0.05) is 5.11 Å². The zero-order valence-corrected chi connectivity index (χ0v) is 3.96. The van der Waals surface area contributed by atoms with Crippen molar-refractivity contribution >= 4 is 6.03 Å². The number of hydrogen-bond donors (Lipinski definition) is 0. The van der Waals surface area contributed by atoms with E-state index < -0.39 is 0 Å². The molecule has 0 fully saturated rings. The molecular formula is C3H5N3O. The molecule has 0 N–H and O–H groups in total. The molecule has 0 aromatic heterocycles. The Morgan fingerprint density at radius 1 is 1.86 bits per heavy atom. The molecule has 1 aliphatic rings. The van der Waals surface area contributed by atoms with Crippen LogP contribution in [0, 0.1) is 0 Å². The molecule has 7 heavy (non-hydrogen) atoms. The van der Waals surface area contributed by atoms with Crippen molar-refractivity contribution < 1.29 is 4.79 Å². The fourth-order valence-electron chi connectivity index (χ4n) is 0.324. The second-order valence-electron chi connectivity index (χ2n) is 1.36. The molecule has 0 radical (unpaired) electrons. The average molecular weight is 99.1 g/mol. The summed E-state index contributed by atoms with van der Waals surface area (Å²) in [6.45, 7) is 0.416. The summed E-state index contributed by atoms with van der Waals surface area (Å²) in [6, 6.07) is -0.250. The highest BCUT2D eigenvalue weighted by atomic mass is 16.2. The summed E-state index contributed by atoms with van der Waals surface area (Å²) in [4.78, 5) is 11.7. The lowest BCUT2D eigenvalue weighted by Gasteiger charge is -1.98. The number of carbonyl (C=O) groups excluding carboxylic acids is 1. The van der Waals surface area contributed by atoms with Crippen LogP contribution in [0.2, 0.25) is 0 Å². The van der Waals surface area contributed by atoms with Crippen molar-refractivity contribution in [1.82, 2.24) is 4.90 Å². The van der Waals surface area contributed by atoms with E-state index in [1.54, 1.807) is 7.05 Å². The smallest absolute Gasteiger partial charge is 0.303 e. The molecule has 0 bridgehead atoms. The van der Waals surface area contributed by atoms with Crippen LogP contribution in [-0.2, 0) is 0 Å². The van der Waals surface area contributed by atoms with Gasteiger partial charge in [0.05, 0.1) is 0 Å². The monoisotopic (exact) mass is 99.0 g/mol. The van der Waals surface area contributed by atoms with E-state index in [2.05, 4.69) is 10.2 Å². The van der Waals surface area contributed by atoms with Crippen LogP contribution < -0.4 is 0 Å². The van der Waals surface area contributed by atoms with Gasteiger partial charge in [0, 0.05) is 7.05 Å². The van der Waals surface area contributed by atoms with Crippen LogP contribution in [-0.4, -0.2) is 24.6 Å². The molecule has 38 valence electrons. The van der Waals surface area contributed by atoms with E-state index >= 15 is 0 Å². The first kappa shape index (κ1) is 4.23. The summed E-state index contributed by atoms with van der Waals surface area (Å²) in [5.74, 6) is 0. The Morgan fingerprint density at radius 2 is 2.57 bits per heavy atom. The highest BCUT2D eigenvalue weighted by Crippen LogP contribution is 1.97. The first-order valence-electron chi connectivity index (χ1n) is 1.93. The van der Waals surface area contributed by atoms with Crippen LogP contribution in [0.25, 0.3) is 0 Å². The molecule has 1 rings (SSSR count). The molecule has 1 heterocycles. The van der Waals surface area contributed by atoms with Gasteiger partial charge < -0.3 is 4.90 Å². The van der Waals surface area contributed by atoms with Gasteiger partial charge in [0.15, 0.2) is 0 Å². The summed E-state index contributed by atoms with van der Waals surface area (Å²) >= 11 is 0. The van der Waals surface area contributed by atoms with Gasteiger partial charge in [0.1, 0.15) is 6.67 Å². The van der Waals surface area contributed by atoms with E-state index in [1.807, 2.05) is 0 Å². The van der Waals surface area contributed by atoms with Crippen molar-refractivity contribution in [3.05, 3.63) is 0 Å². The first-order chi connectivity index (χ1) is 3.30. The molecular weight excluding hydrogens is 94.1 g/mol. The largest absolute Gasteiger partial charge is 0.363 e. The van der Waals surface area contributed by atoms with E-state index in [9.17, 15) is 4.79 Å². The number of amides is 2. The fourth-order valence-corrected chi connectivity index (χ4v) is 0.324. The molecule has 0 aromatic rings. The minimum absolute atomic E-state index is 0.250. The number of urea groups is 1. The van der Waals surface area contributed by atoms with E-state index in [0.29, 0.717) is 6.67 Å². The van der Waals surface area contributed by atoms with Crippen molar-refractivity contribution in [3.8, 4) is 0 Å². The quantitative estimate of drug-likeness (QED) is 0.435. The molecule has 4 heteroatoms. The van der Waals surface area contributed by atoms with Crippen LogP contribution in [0.15, 0.2) is 10.2 Å². The van der Waals surface area contributed by atoms with Gasteiger partial charge >= 0.3 is 6.03 Å². The number of nitrogens with zero attached hydrogens (tertiary/aromatic N) is 3. The summed E-state index contributed by atoms with van der Waals surface area (Å²) in [5, 5.41) is 6.68. The van der Waals surface area contributed by atoms with Crippen molar-refractivity contribution in [1.29, 1.82) is 0 Å². The molecule has 4 nitrogen and oxygen atoms in total. The van der Waals surface area contributed by atoms with Crippen molar-refractivity contribution in [2.75, 3.05) is 13.7 Å². The third-order valence-electron chi connectivity index (χ3n) is 0.758. The predicted octanol–water partition coefficient (Wildman–Crippen LogP) is 0.461. The third-order valence-corrected chi connectivity index (χ3v) is 0.758. The molecule has 0 unspecified atom stereocenters. The molecule has 0 saturated carbocycles. The molecule has 2 amide bonds. The Labute approximate surface area is 40.8 Å². The molecule has 0 spiro atoms. The van der Waals surface area contributed by atoms with Gasteiger partial charge in [-0.25, -0.2) is 4.79 Å². The van der Waals surface area contributed by atoms with Crippen LogP contribution >= 0.6 is 0 Å². The number of carbonyl (C=O) groups is 1. The van der Waals surface area contributed by atoms with Gasteiger partial charge in [0.2, 0.25) is 0 Å². The molecule has 0 saturated heterocycles. The Hall–Kier alpha value is -0.930. The zero-order valence-electron chi connectivity index (χ0n) is 3.96. The third kappa shape index (κ3) is 0.581. The van der Waals surface area contributed by atoms with E-state index in [0.717, 1.165) is 0 Å². The van der Waals surface area contributed by atoms with Crippen molar-refractivity contribution in [2.45, 2.75) is 0 Å². The van der Waals surface area contributed by atoms with Crippen molar-refractivity contribution in [3.63, 3.8) is 0 Å². The topological polar surface area (TPSA) is 45.0 Å². The second kappa shape index (κ2) is 1.29. The SMILES string of the molecule is CN1CN=NC1=O. The summed E-state index contributed by atoms with van der Waals surface area (Å²) in [7, 11) is 1.66. The lowest BCUT2D eigenvalue weighted by atomic mass is 10.8. The average Bonchev–Trinajstić information content (AvgIpc) is 1.91. The van der Waals surface area contributed by atoms with Crippen LogP contribution in [0.1, 0.15) is 0 Å². The van der Waals surface area contributed by atoms with Crippen molar-refractivity contribution in [2.24, 2.45) is 10.2 Å². The van der Waals surface area contributed by atoms with Crippen LogP contribution in [0.3, 0.4) is 0 Å².